The molecule has 1 saturated heterocycles. The molecule has 1 atom stereocenters. The van der Waals surface area contributed by atoms with E-state index in [9.17, 15) is 10.1 Å². The van der Waals surface area contributed by atoms with Gasteiger partial charge in [-0.15, -0.1) is 0 Å². The highest BCUT2D eigenvalue weighted by Gasteiger charge is 2.28. The van der Waals surface area contributed by atoms with Crippen LogP contribution >= 0.6 is 15.9 Å². The van der Waals surface area contributed by atoms with Crippen LogP contribution in [0.15, 0.2) is 18.2 Å². The van der Waals surface area contributed by atoms with Gasteiger partial charge in [-0.1, -0.05) is 22.0 Å². The minimum absolute atomic E-state index is 0.205. The molecule has 0 N–H and O–H groups in total. The molecule has 19 heavy (non-hydrogen) atoms. The second kappa shape index (κ2) is 5.88. The van der Waals surface area contributed by atoms with Crippen LogP contribution in [-0.2, 0) is 5.33 Å². The summed E-state index contributed by atoms with van der Waals surface area (Å²) in [5.41, 5.74) is 1.87. The Morgan fingerprint density at radius 3 is 2.79 bits per heavy atom. The van der Waals surface area contributed by atoms with E-state index < -0.39 is 0 Å². The number of hydrogen-bond acceptors (Lipinski definition) is 4. The fraction of sp³-hybridized carbons (Fsp3) is 0.538. The number of nitro benzene ring substituents is 1. The number of alkyl halides is 1. The van der Waals surface area contributed by atoms with Crippen molar-refractivity contribution in [3.8, 4) is 0 Å². The number of rotatable bonds is 4. The molecular formula is C13H18BrN3O2. The smallest absolute Gasteiger partial charge is 0.292 e. The average Bonchev–Trinajstić information content (AvgIpc) is 2.87. The van der Waals surface area contributed by atoms with Gasteiger partial charge in [0.25, 0.3) is 5.69 Å². The first kappa shape index (κ1) is 14.3. The molecule has 0 amide bonds. The van der Waals surface area contributed by atoms with Crippen LogP contribution < -0.4 is 4.90 Å². The molecule has 0 aliphatic carbocycles. The van der Waals surface area contributed by atoms with E-state index in [1.54, 1.807) is 6.07 Å². The number of nitrogens with zero attached hydrogens (tertiary/aromatic N) is 3. The molecule has 6 heteroatoms. The van der Waals surface area contributed by atoms with E-state index in [0.717, 1.165) is 30.8 Å². The Balaban J connectivity index is 2.27. The highest BCUT2D eigenvalue weighted by atomic mass is 79.9. The molecule has 1 aromatic carbocycles. The first-order valence-corrected chi connectivity index (χ1v) is 7.39. The molecule has 0 radical (unpaired) electrons. The van der Waals surface area contributed by atoms with Crippen LogP contribution in [0.5, 0.6) is 0 Å². The third-order valence-corrected chi connectivity index (χ3v) is 4.27. The van der Waals surface area contributed by atoms with Crippen molar-refractivity contribution < 1.29 is 4.92 Å². The highest BCUT2D eigenvalue weighted by Crippen LogP contribution is 2.32. The van der Waals surface area contributed by atoms with Crippen molar-refractivity contribution in [1.29, 1.82) is 0 Å². The Morgan fingerprint density at radius 2 is 2.26 bits per heavy atom. The Kier molecular flexibility index (Phi) is 4.42. The lowest BCUT2D eigenvalue weighted by atomic mass is 10.2. The predicted molar refractivity (Wildman–Crippen MR) is 80.0 cm³/mol. The molecule has 1 aliphatic heterocycles. The van der Waals surface area contributed by atoms with Gasteiger partial charge >= 0.3 is 0 Å². The molecule has 0 aromatic heterocycles. The lowest BCUT2D eigenvalue weighted by Gasteiger charge is -2.21. The second-order valence-electron chi connectivity index (χ2n) is 5.07. The Bertz CT molecular complexity index is 479. The van der Waals surface area contributed by atoms with Crippen LogP contribution in [0.4, 0.5) is 11.4 Å². The Hall–Kier alpha value is -1.14. The summed E-state index contributed by atoms with van der Waals surface area (Å²) in [4.78, 5) is 15.2. The van der Waals surface area contributed by atoms with Gasteiger partial charge in [-0.2, -0.15) is 0 Å². The molecule has 1 aromatic rings. The largest absolute Gasteiger partial charge is 0.364 e. The van der Waals surface area contributed by atoms with Crippen LogP contribution in [0.2, 0.25) is 0 Å². The summed E-state index contributed by atoms with van der Waals surface area (Å²) in [6.07, 6.45) is 1.05. The summed E-state index contributed by atoms with van der Waals surface area (Å²) < 4.78 is 0. The molecule has 1 fully saturated rings. The summed E-state index contributed by atoms with van der Waals surface area (Å²) in [5, 5.41) is 11.8. The summed E-state index contributed by atoms with van der Waals surface area (Å²) in [6, 6.07) is 5.94. The molecular weight excluding hydrogens is 310 g/mol. The monoisotopic (exact) mass is 327 g/mol. The van der Waals surface area contributed by atoms with Crippen molar-refractivity contribution in [1.82, 2.24) is 4.90 Å². The maximum absolute atomic E-state index is 11.2. The minimum atomic E-state index is -0.287. The number of benzene rings is 1. The quantitative estimate of drug-likeness (QED) is 0.484. The van der Waals surface area contributed by atoms with Crippen LogP contribution in [0.3, 0.4) is 0 Å². The van der Waals surface area contributed by atoms with Crippen LogP contribution in [-0.4, -0.2) is 43.0 Å². The van der Waals surface area contributed by atoms with Crippen molar-refractivity contribution in [2.75, 3.05) is 32.1 Å². The van der Waals surface area contributed by atoms with Crippen molar-refractivity contribution in [2.24, 2.45) is 0 Å². The molecule has 0 saturated carbocycles. The average molecular weight is 328 g/mol. The molecule has 5 nitrogen and oxygen atoms in total. The van der Waals surface area contributed by atoms with Gasteiger partial charge in [0.2, 0.25) is 0 Å². The van der Waals surface area contributed by atoms with Crippen LogP contribution in [0.1, 0.15) is 12.0 Å². The number of hydrogen-bond donors (Lipinski definition) is 0. The molecule has 1 heterocycles. The van der Waals surface area contributed by atoms with E-state index in [0.29, 0.717) is 11.4 Å². The zero-order chi connectivity index (χ0) is 14.0. The van der Waals surface area contributed by atoms with Gasteiger partial charge in [0.15, 0.2) is 0 Å². The molecule has 104 valence electrons. The molecule has 1 unspecified atom stereocenters. The fourth-order valence-corrected chi connectivity index (χ4v) is 2.80. The minimum Gasteiger partial charge on any atom is -0.364 e. The first-order valence-electron chi connectivity index (χ1n) is 6.27. The predicted octanol–water partition coefficient (Wildman–Crippen LogP) is 2.63. The molecule has 0 bridgehead atoms. The molecule has 1 aliphatic rings. The van der Waals surface area contributed by atoms with Crippen molar-refractivity contribution >= 4 is 27.3 Å². The lowest BCUT2D eigenvalue weighted by molar-refractivity contribution is -0.384. The summed E-state index contributed by atoms with van der Waals surface area (Å²) in [7, 11) is 4.10. The Labute approximate surface area is 121 Å². The normalized spacial score (nSPS) is 19.2. The van der Waals surface area contributed by atoms with Crippen LogP contribution in [0, 0.1) is 10.1 Å². The number of nitro groups is 1. The lowest BCUT2D eigenvalue weighted by Crippen LogP contribution is -2.31. The SMILES string of the molecule is CN(C)C1CCN(c2ccc(CBr)cc2[N+](=O)[O-])C1. The van der Waals surface area contributed by atoms with Gasteiger partial charge in [-0.25, -0.2) is 0 Å². The zero-order valence-corrected chi connectivity index (χ0v) is 12.8. The summed E-state index contributed by atoms with van der Waals surface area (Å²) in [5.74, 6) is 0. The first-order chi connectivity index (χ1) is 9.02. The van der Waals surface area contributed by atoms with E-state index in [-0.39, 0.29) is 10.6 Å². The third-order valence-electron chi connectivity index (χ3n) is 3.63. The zero-order valence-electron chi connectivity index (χ0n) is 11.2. The number of likely N-dealkylation sites (N-methyl/N-ethyl adjacent to an activating group) is 1. The second-order valence-corrected chi connectivity index (χ2v) is 5.63. The van der Waals surface area contributed by atoms with E-state index in [1.807, 2.05) is 12.1 Å². The van der Waals surface area contributed by atoms with E-state index in [2.05, 4.69) is 39.8 Å². The van der Waals surface area contributed by atoms with Gasteiger partial charge in [0.1, 0.15) is 5.69 Å². The van der Waals surface area contributed by atoms with Gasteiger partial charge in [0, 0.05) is 30.5 Å². The highest BCUT2D eigenvalue weighted by molar-refractivity contribution is 9.08. The fourth-order valence-electron chi connectivity index (χ4n) is 2.45. The topological polar surface area (TPSA) is 49.6 Å². The third kappa shape index (κ3) is 3.06. The Morgan fingerprint density at radius 1 is 1.53 bits per heavy atom. The van der Waals surface area contributed by atoms with Crippen molar-refractivity contribution in [3.63, 3.8) is 0 Å². The van der Waals surface area contributed by atoms with Gasteiger partial charge in [-0.3, -0.25) is 10.1 Å². The van der Waals surface area contributed by atoms with E-state index >= 15 is 0 Å². The number of anilines is 1. The van der Waals surface area contributed by atoms with E-state index in [4.69, 9.17) is 0 Å². The molecule has 0 spiro atoms. The number of halogens is 1. The van der Waals surface area contributed by atoms with Gasteiger partial charge < -0.3 is 9.80 Å². The van der Waals surface area contributed by atoms with Crippen LogP contribution in [0.25, 0.3) is 0 Å². The van der Waals surface area contributed by atoms with Crippen molar-refractivity contribution in [3.05, 3.63) is 33.9 Å². The van der Waals surface area contributed by atoms with Gasteiger partial charge in [0.05, 0.1) is 4.92 Å². The van der Waals surface area contributed by atoms with Gasteiger partial charge in [-0.05, 0) is 32.1 Å². The van der Waals surface area contributed by atoms with E-state index in [1.165, 1.54) is 0 Å². The maximum Gasteiger partial charge on any atom is 0.292 e. The standard InChI is InChI=1S/C13H18BrN3O2/c1-15(2)11-5-6-16(9-11)12-4-3-10(8-14)7-13(12)17(18)19/h3-4,7,11H,5-6,8-9H2,1-2H3. The summed E-state index contributed by atoms with van der Waals surface area (Å²) in [6.45, 7) is 1.72. The maximum atomic E-state index is 11.2. The molecule has 2 rings (SSSR count). The summed E-state index contributed by atoms with van der Waals surface area (Å²) >= 11 is 3.33. The van der Waals surface area contributed by atoms with Crippen molar-refractivity contribution in [2.45, 2.75) is 17.8 Å².